The van der Waals surface area contributed by atoms with Crippen LogP contribution >= 0.6 is 46.0 Å². The van der Waals surface area contributed by atoms with Crippen molar-refractivity contribution in [3.05, 3.63) is 0 Å². The fourth-order valence-electron chi connectivity index (χ4n) is 6.30. The van der Waals surface area contributed by atoms with E-state index in [4.69, 9.17) is 24.4 Å². The van der Waals surface area contributed by atoms with Crippen molar-refractivity contribution in [2.75, 3.05) is 26.2 Å². The summed E-state index contributed by atoms with van der Waals surface area (Å²) in [5.41, 5.74) is 0. The van der Waals surface area contributed by atoms with Crippen molar-refractivity contribution in [1.29, 1.82) is 0 Å². The smallest absolute Gasteiger partial charge is 0.147 e. The van der Waals surface area contributed by atoms with E-state index >= 15 is 0 Å². The summed E-state index contributed by atoms with van der Waals surface area (Å²) >= 11 is 12.5. The van der Waals surface area contributed by atoms with Gasteiger partial charge in [-0.05, 0) is 70.9 Å². The molecule has 0 aliphatic rings. The van der Waals surface area contributed by atoms with Crippen LogP contribution in [-0.2, 0) is 0 Å². The Labute approximate surface area is 296 Å². The molecular formula is C38H76N2S4. The third-order valence-electron chi connectivity index (χ3n) is 9.79. The summed E-state index contributed by atoms with van der Waals surface area (Å²) < 4.78 is 2.12. The Kier molecular flexibility index (Phi) is 31.1. The zero-order chi connectivity index (χ0) is 33.0. The van der Waals surface area contributed by atoms with Gasteiger partial charge in [-0.2, -0.15) is 0 Å². The number of nitrogens with zero attached hydrogens (tertiary/aromatic N) is 2. The Bertz CT molecular complexity index is 577. The molecule has 0 rings (SSSR count). The maximum Gasteiger partial charge on any atom is 0.147 e. The molecule has 0 saturated carbocycles. The molecule has 0 aromatic carbocycles. The second kappa shape index (κ2) is 30.8. The van der Waals surface area contributed by atoms with E-state index in [0.717, 1.165) is 58.5 Å². The van der Waals surface area contributed by atoms with Gasteiger partial charge in [-0.3, -0.25) is 0 Å². The monoisotopic (exact) mass is 688 g/mol. The van der Waals surface area contributed by atoms with Crippen LogP contribution in [0, 0.1) is 23.7 Å². The molecular weight excluding hydrogens is 613 g/mol. The Morgan fingerprint density at radius 1 is 0.409 bits per heavy atom. The van der Waals surface area contributed by atoms with E-state index in [9.17, 15) is 0 Å². The molecule has 6 heteroatoms. The van der Waals surface area contributed by atoms with Gasteiger partial charge in [0.2, 0.25) is 0 Å². The van der Waals surface area contributed by atoms with Gasteiger partial charge >= 0.3 is 0 Å². The van der Waals surface area contributed by atoms with Crippen LogP contribution in [0.3, 0.4) is 0 Å². The standard InChI is InChI=1S/C38H76N2S4/c1-9-17-21-25-33(13-5)29-39(30-34(14-6)26-22-18-10-2)37(41)43-44-38(42)40(31-35(15-7)27-23-19-11-3)32-36(16-8)28-24-20-12-4/h33-36H,9-32H2,1-8H3. The number of unbranched alkanes of at least 4 members (excludes halogenated alkanes) is 8. The highest BCUT2D eigenvalue weighted by atomic mass is 33.1. The summed E-state index contributed by atoms with van der Waals surface area (Å²) in [5.74, 6) is 2.90. The van der Waals surface area contributed by atoms with E-state index in [-0.39, 0.29) is 0 Å². The van der Waals surface area contributed by atoms with Gasteiger partial charge in [0.1, 0.15) is 8.64 Å². The lowest BCUT2D eigenvalue weighted by atomic mass is 9.95. The van der Waals surface area contributed by atoms with Crippen LogP contribution in [0.5, 0.6) is 0 Å². The third-order valence-corrected chi connectivity index (χ3v) is 13.5. The maximum atomic E-state index is 6.24. The molecule has 0 spiro atoms. The van der Waals surface area contributed by atoms with Gasteiger partial charge in [0.05, 0.1) is 0 Å². The first-order valence-corrected chi connectivity index (χ1v) is 22.2. The Morgan fingerprint density at radius 2 is 0.636 bits per heavy atom. The van der Waals surface area contributed by atoms with Crippen molar-refractivity contribution in [2.24, 2.45) is 23.7 Å². The fraction of sp³-hybridized carbons (Fsp3) is 0.947. The van der Waals surface area contributed by atoms with Gasteiger partial charge in [-0.15, -0.1) is 0 Å². The van der Waals surface area contributed by atoms with E-state index in [1.54, 1.807) is 21.6 Å². The molecule has 4 unspecified atom stereocenters. The molecule has 0 N–H and O–H groups in total. The molecule has 0 radical (unpaired) electrons. The molecule has 2 nitrogen and oxygen atoms in total. The van der Waals surface area contributed by atoms with Crippen LogP contribution in [0.2, 0.25) is 0 Å². The normalized spacial score (nSPS) is 14.3. The van der Waals surface area contributed by atoms with Crippen LogP contribution in [0.25, 0.3) is 0 Å². The van der Waals surface area contributed by atoms with Crippen molar-refractivity contribution < 1.29 is 0 Å². The molecule has 262 valence electrons. The lowest BCUT2D eigenvalue weighted by Crippen LogP contribution is -2.38. The number of rotatable bonds is 28. The average molecular weight is 689 g/mol. The van der Waals surface area contributed by atoms with Crippen molar-refractivity contribution in [3.8, 4) is 0 Å². The van der Waals surface area contributed by atoms with Crippen LogP contribution < -0.4 is 0 Å². The fourth-order valence-corrected chi connectivity index (χ4v) is 8.92. The molecule has 0 heterocycles. The molecule has 4 atom stereocenters. The van der Waals surface area contributed by atoms with Crippen molar-refractivity contribution in [2.45, 2.75) is 184 Å². The van der Waals surface area contributed by atoms with Crippen LogP contribution in [-0.4, -0.2) is 44.6 Å². The summed E-state index contributed by atoms with van der Waals surface area (Å²) in [6.07, 6.45) is 26.2. The minimum Gasteiger partial charge on any atom is -0.356 e. The highest BCUT2D eigenvalue weighted by molar-refractivity contribution is 8.89. The minimum absolute atomic E-state index is 0.726. The zero-order valence-corrected chi connectivity index (χ0v) is 34.1. The number of thiocarbonyl (C=S) groups is 2. The van der Waals surface area contributed by atoms with E-state index < -0.39 is 0 Å². The Hall–Kier alpha value is 0.480. The topological polar surface area (TPSA) is 6.48 Å². The molecule has 0 amide bonds. The zero-order valence-electron chi connectivity index (χ0n) is 30.8. The van der Waals surface area contributed by atoms with Gasteiger partial charge in [0.25, 0.3) is 0 Å². The van der Waals surface area contributed by atoms with E-state index in [2.05, 4.69) is 65.2 Å². The first-order valence-electron chi connectivity index (χ1n) is 19.3. The van der Waals surface area contributed by atoms with Gasteiger partial charge in [-0.25, -0.2) is 0 Å². The molecule has 0 bridgehead atoms. The van der Waals surface area contributed by atoms with Crippen molar-refractivity contribution >= 4 is 54.7 Å². The SMILES string of the molecule is CCCCCC(CC)CN(CC(CC)CCCCC)C(=S)SSC(=S)N(CC(CC)CCCCC)CC(CC)CCCCC. The predicted molar refractivity (Wildman–Crippen MR) is 215 cm³/mol. The minimum atomic E-state index is 0.726. The summed E-state index contributed by atoms with van der Waals surface area (Å²) in [6.45, 7) is 23.2. The number of hydrogen-bond donors (Lipinski definition) is 0. The summed E-state index contributed by atoms with van der Waals surface area (Å²) in [5, 5.41) is 0. The van der Waals surface area contributed by atoms with Crippen LogP contribution in [0.1, 0.15) is 184 Å². The van der Waals surface area contributed by atoms with E-state index in [1.807, 2.05) is 0 Å². The van der Waals surface area contributed by atoms with Gasteiger partial charge in [0, 0.05) is 26.2 Å². The highest BCUT2D eigenvalue weighted by Crippen LogP contribution is 2.32. The summed E-state index contributed by atoms with van der Waals surface area (Å²) in [7, 11) is 3.57. The quantitative estimate of drug-likeness (QED) is 0.0455. The second-order valence-corrected chi connectivity index (χ2v) is 17.0. The molecule has 44 heavy (non-hydrogen) atoms. The lowest BCUT2D eigenvalue weighted by Gasteiger charge is -2.34. The largest absolute Gasteiger partial charge is 0.356 e. The van der Waals surface area contributed by atoms with Crippen molar-refractivity contribution in [1.82, 2.24) is 9.80 Å². The van der Waals surface area contributed by atoms with Crippen LogP contribution in [0.15, 0.2) is 0 Å². The molecule has 0 fully saturated rings. The number of hydrogen-bond acceptors (Lipinski definition) is 4. The van der Waals surface area contributed by atoms with E-state index in [1.165, 1.54) is 128 Å². The molecule has 0 aromatic heterocycles. The lowest BCUT2D eigenvalue weighted by molar-refractivity contribution is 0.267. The molecule has 0 saturated heterocycles. The highest BCUT2D eigenvalue weighted by Gasteiger charge is 2.23. The predicted octanol–water partition coefficient (Wildman–Crippen LogP) is 14.0. The van der Waals surface area contributed by atoms with Crippen LogP contribution in [0.4, 0.5) is 0 Å². The molecule has 0 aliphatic carbocycles. The van der Waals surface area contributed by atoms with Gasteiger partial charge < -0.3 is 9.80 Å². The second-order valence-electron chi connectivity index (χ2n) is 13.6. The third kappa shape index (κ3) is 22.1. The van der Waals surface area contributed by atoms with Gasteiger partial charge in [-0.1, -0.05) is 183 Å². The Morgan fingerprint density at radius 3 is 0.818 bits per heavy atom. The maximum absolute atomic E-state index is 6.24. The molecule has 0 aromatic rings. The average Bonchev–Trinajstić information content (AvgIpc) is 3.03. The van der Waals surface area contributed by atoms with E-state index in [0.29, 0.717) is 0 Å². The summed E-state index contributed by atoms with van der Waals surface area (Å²) in [6, 6.07) is 0. The van der Waals surface area contributed by atoms with Gasteiger partial charge in [0.15, 0.2) is 0 Å². The van der Waals surface area contributed by atoms with Crippen molar-refractivity contribution in [3.63, 3.8) is 0 Å². The Balaban J connectivity index is 5.67. The first-order chi connectivity index (χ1) is 21.3. The molecule has 0 aliphatic heterocycles. The first kappa shape index (κ1) is 44.5. The summed E-state index contributed by atoms with van der Waals surface area (Å²) in [4.78, 5) is 5.19.